The minimum absolute atomic E-state index is 0.241. The molecular formula is C22H23ClN2O2S. The summed E-state index contributed by atoms with van der Waals surface area (Å²) in [7, 11) is 0. The van der Waals surface area contributed by atoms with Crippen LogP contribution in [0.15, 0.2) is 36.4 Å². The van der Waals surface area contributed by atoms with Crippen LogP contribution in [0, 0.1) is 27.7 Å². The van der Waals surface area contributed by atoms with Crippen LogP contribution in [0.4, 0.5) is 5.13 Å². The number of aryl methyl sites for hydroxylation is 4. The first kappa shape index (κ1) is 20.4. The second-order valence-corrected chi connectivity index (χ2v) is 8.49. The van der Waals surface area contributed by atoms with Gasteiger partial charge in [0.2, 0.25) is 0 Å². The minimum atomic E-state index is -0.660. The molecule has 1 heterocycles. The molecule has 0 aliphatic heterocycles. The number of thiazole rings is 1. The predicted octanol–water partition coefficient (Wildman–Crippen LogP) is 6.10. The molecule has 1 aromatic heterocycles. The second-order valence-electron chi connectivity index (χ2n) is 6.91. The molecule has 0 fully saturated rings. The van der Waals surface area contributed by atoms with E-state index in [1.807, 2.05) is 52.0 Å². The number of hydrogen-bond donors (Lipinski definition) is 1. The zero-order chi connectivity index (χ0) is 20.4. The number of ether oxygens (including phenoxy) is 1. The first-order valence-corrected chi connectivity index (χ1v) is 10.2. The Balaban J connectivity index is 1.71. The highest BCUT2D eigenvalue weighted by Gasteiger charge is 2.18. The normalized spacial score (nSPS) is 11.9. The van der Waals surface area contributed by atoms with Gasteiger partial charge in [-0.15, -0.1) is 11.3 Å². The number of rotatable bonds is 5. The van der Waals surface area contributed by atoms with Crippen LogP contribution in [0.1, 0.15) is 28.5 Å². The van der Waals surface area contributed by atoms with E-state index in [1.54, 1.807) is 6.92 Å². The fourth-order valence-electron chi connectivity index (χ4n) is 2.87. The van der Waals surface area contributed by atoms with Gasteiger partial charge in [-0.2, -0.15) is 0 Å². The van der Waals surface area contributed by atoms with E-state index in [1.165, 1.54) is 16.9 Å². The molecule has 3 rings (SSSR count). The summed E-state index contributed by atoms with van der Waals surface area (Å²) in [4.78, 5) is 18.2. The smallest absolute Gasteiger partial charge is 0.266 e. The molecule has 1 amide bonds. The number of benzene rings is 2. The van der Waals surface area contributed by atoms with Crippen molar-refractivity contribution in [1.29, 1.82) is 0 Å². The van der Waals surface area contributed by atoms with Crippen LogP contribution in [0.25, 0.3) is 11.3 Å². The van der Waals surface area contributed by atoms with Crippen molar-refractivity contribution in [3.05, 3.63) is 63.0 Å². The third kappa shape index (κ3) is 4.54. The highest BCUT2D eigenvalue weighted by Crippen LogP contribution is 2.31. The van der Waals surface area contributed by atoms with Gasteiger partial charge in [0, 0.05) is 15.5 Å². The Morgan fingerprint density at radius 3 is 2.32 bits per heavy atom. The molecule has 0 saturated heterocycles. The van der Waals surface area contributed by atoms with Crippen LogP contribution >= 0.6 is 22.9 Å². The molecule has 0 saturated carbocycles. The van der Waals surface area contributed by atoms with Crippen LogP contribution < -0.4 is 10.1 Å². The number of amides is 1. The Bertz CT molecular complexity index is 989. The van der Waals surface area contributed by atoms with Gasteiger partial charge in [0.1, 0.15) is 5.75 Å². The summed E-state index contributed by atoms with van der Waals surface area (Å²) in [5.74, 6) is 0.382. The lowest BCUT2D eigenvalue weighted by Crippen LogP contribution is -2.30. The Labute approximate surface area is 174 Å². The van der Waals surface area contributed by atoms with E-state index >= 15 is 0 Å². The van der Waals surface area contributed by atoms with Gasteiger partial charge in [0.05, 0.1) is 5.69 Å². The molecule has 2 aromatic carbocycles. The van der Waals surface area contributed by atoms with Gasteiger partial charge in [-0.1, -0.05) is 41.4 Å². The van der Waals surface area contributed by atoms with E-state index in [9.17, 15) is 4.79 Å². The number of carbonyl (C=O) groups is 1. The highest BCUT2D eigenvalue weighted by atomic mass is 35.5. The number of halogens is 1. The van der Waals surface area contributed by atoms with Gasteiger partial charge in [-0.05, 0) is 57.9 Å². The van der Waals surface area contributed by atoms with Crippen molar-refractivity contribution in [1.82, 2.24) is 4.98 Å². The van der Waals surface area contributed by atoms with Crippen molar-refractivity contribution >= 4 is 34.0 Å². The topological polar surface area (TPSA) is 51.2 Å². The number of nitrogens with zero attached hydrogens (tertiary/aromatic N) is 1. The van der Waals surface area contributed by atoms with Crippen molar-refractivity contribution in [3.8, 4) is 17.0 Å². The number of aromatic nitrogens is 1. The van der Waals surface area contributed by atoms with Crippen LogP contribution in [0.3, 0.4) is 0 Å². The molecule has 0 radical (unpaired) electrons. The van der Waals surface area contributed by atoms with Gasteiger partial charge in [0.15, 0.2) is 11.2 Å². The molecule has 0 spiro atoms. The zero-order valence-corrected chi connectivity index (χ0v) is 18.2. The molecule has 4 nitrogen and oxygen atoms in total. The maximum atomic E-state index is 12.6. The van der Waals surface area contributed by atoms with Gasteiger partial charge < -0.3 is 4.74 Å². The van der Waals surface area contributed by atoms with Crippen LogP contribution in [0.5, 0.6) is 5.75 Å². The lowest BCUT2D eigenvalue weighted by Gasteiger charge is -2.15. The number of hydrogen-bond acceptors (Lipinski definition) is 4. The van der Waals surface area contributed by atoms with Crippen LogP contribution in [-0.2, 0) is 4.79 Å². The molecule has 0 aliphatic carbocycles. The maximum absolute atomic E-state index is 12.6. The van der Waals surface area contributed by atoms with E-state index in [0.717, 1.165) is 27.3 Å². The number of anilines is 1. The molecule has 0 aliphatic rings. The van der Waals surface area contributed by atoms with E-state index in [0.29, 0.717) is 15.9 Å². The molecule has 146 valence electrons. The summed E-state index contributed by atoms with van der Waals surface area (Å²) in [6, 6.07) is 11.9. The lowest BCUT2D eigenvalue weighted by atomic mass is 10.1. The highest BCUT2D eigenvalue weighted by molar-refractivity contribution is 7.16. The summed E-state index contributed by atoms with van der Waals surface area (Å²) < 4.78 is 5.81. The molecule has 3 aromatic rings. The van der Waals surface area contributed by atoms with E-state index in [4.69, 9.17) is 16.3 Å². The van der Waals surface area contributed by atoms with Crippen molar-refractivity contribution in [3.63, 3.8) is 0 Å². The molecular weight excluding hydrogens is 392 g/mol. The van der Waals surface area contributed by atoms with Crippen molar-refractivity contribution in [2.24, 2.45) is 0 Å². The fraction of sp³-hybridized carbons (Fsp3) is 0.273. The van der Waals surface area contributed by atoms with Crippen molar-refractivity contribution in [2.75, 3.05) is 5.32 Å². The Hall–Kier alpha value is -2.37. The summed E-state index contributed by atoms with van der Waals surface area (Å²) in [5, 5.41) is 4.14. The Kier molecular flexibility index (Phi) is 6.06. The minimum Gasteiger partial charge on any atom is -0.481 e. The molecule has 28 heavy (non-hydrogen) atoms. The monoisotopic (exact) mass is 414 g/mol. The third-order valence-electron chi connectivity index (χ3n) is 4.44. The quantitative estimate of drug-likeness (QED) is 0.548. The Morgan fingerprint density at radius 2 is 1.71 bits per heavy atom. The predicted molar refractivity (Wildman–Crippen MR) is 117 cm³/mol. The first-order chi connectivity index (χ1) is 13.2. The van der Waals surface area contributed by atoms with Crippen LogP contribution in [-0.4, -0.2) is 17.0 Å². The third-order valence-corrected chi connectivity index (χ3v) is 5.93. The Morgan fingerprint density at radius 1 is 1.11 bits per heavy atom. The maximum Gasteiger partial charge on any atom is 0.266 e. The summed E-state index contributed by atoms with van der Waals surface area (Å²) >= 11 is 7.65. The second kappa shape index (κ2) is 8.33. The van der Waals surface area contributed by atoms with E-state index < -0.39 is 6.10 Å². The molecule has 1 N–H and O–H groups in total. The number of carbonyl (C=O) groups excluding carboxylic acids is 1. The van der Waals surface area contributed by atoms with Gasteiger partial charge >= 0.3 is 0 Å². The first-order valence-electron chi connectivity index (χ1n) is 9.03. The average Bonchev–Trinajstić information content (AvgIpc) is 3.00. The van der Waals surface area contributed by atoms with Gasteiger partial charge in [-0.25, -0.2) is 4.98 Å². The molecule has 1 unspecified atom stereocenters. The fourth-order valence-corrected chi connectivity index (χ4v) is 3.82. The summed E-state index contributed by atoms with van der Waals surface area (Å²) in [6.45, 7) is 9.60. The number of nitrogens with one attached hydrogen (secondary N) is 1. The van der Waals surface area contributed by atoms with Gasteiger partial charge in [0.25, 0.3) is 5.91 Å². The van der Waals surface area contributed by atoms with Crippen molar-refractivity contribution in [2.45, 2.75) is 40.7 Å². The largest absolute Gasteiger partial charge is 0.481 e. The summed E-state index contributed by atoms with van der Waals surface area (Å²) in [6.07, 6.45) is -0.660. The zero-order valence-electron chi connectivity index (χ0n) is 16.6. The van der Waals surface area contributed by atoms with E-state index in [2.05, 4.69) is 22.4 Å². The van der Waals surface area contributed by atoms with Crippen molar-refractivity contribution < 1.29 is 9.53 Å². The standard InChI is InChI=1S/C22H23ClN2O2S/c1-12-6-8-17(9-7-12)20-16(5)28-22(24-20)25-21(26)15(4)27-18-10-13(2)19(23)14(3)11-18/h6-11,15H,1-5H3,(H,24,25,26). The molecule has 0 bridgehead atoms. The van der Waals surface area contributed by atoms with E-state index in [-0.39, 0.29) is 5.91 Å². The SMILES string of the molecule is Cc1ccc(-c2nc(NC(=O)C(C)Oc3cc(C)c(Cl)c(C)c3)sc2C)cc1. The summed E-state index contributed by atoms with van der Waals surface area (Å²) in [5.41, 5.74) is 4.96. The van der Waals surface area contributed by atoms with Gasteiger partial charge in [-0.3, -0.25) is 10.1 Å². The molecule has 1 atom stereocenters. The lowest BCUT2D eigenvalue weighted by molar-refractivity contribution is -0.122. The molecule has 6 heteroatoms. The van der Waals surface area contributed by atoms with Crippen LogP contribution in [0.2, 0.25) is 5.02 Å². The average molecular weight is 415 g/mol.